The fourth-order valence-electron chi connectivity index (χ4n) is 2.38. The fourth-order valence-corrected chi connectivity index (χ4v) is 2.38. The smallest absolute Gasteiger partial charge is 0.335 e. The van der Waals surface area contributed by atoms with Crippen LogP contribution in [0.15, 0.2) is 30.5 Å². The van der Waals surface area contributed by atoms with Gasteiger partial charge in [0.2, 0.25) is 0 Å². The van der Waals surface area contributed by atoms with Crippen LogP contribution in [-0.2, 0) is 13.5 Å². The number of hydrogen-bond donors (Lipinski definition) is 2. The SMILES string of the molecule is CC(C)c1nn(C)cc1C(=O)NCCc1cccc(C(=O)O)c1. The minimum Gasteiger partial charge on any atom is -0.478 e. The standard InChI is InChI=1S/C17H21N3O3/c1-11(2)15-14(10-20(3)19-15)16(21)18-8-7-12-5-4-6-13(9-12)17(22)23/h4-6,9-11H,7-8H2,1-3H3,(H,18,21)(H,22,23). The highest BCUT2D eigenvalue weighted by Crippen LogP contribution is 2.17. The number of carbonyl (C=O) groups is 2. The Bertz CT molecular complexity index is 720. The normalized spacial score (nSPS) is 10.8. The second-order valence-electron chi connectivity index (χ2n) is 5.77. The lowest BCUT2D eigenvalue weighted by molar-refractivity contribution is 0.0696. The average molecular weight is 315 g/mol. The zero-order chi connectivity index (χ0) is 17.0. The van der Waals surface area contributed by atoms with Gasteiger partial charge in [0.05, 0.1) is 16.8 Å². The molecule has 0 aliphatic rings. The van der Waals surface area contributed by atoms with E-state index in [4.69, 9.17) is 5.11 Å². The van der Waals surface area contributed by atoms with E-state index in [1.807, 2.05) is 19.9 Å². The molecular formula is C17H21N3O3. The number of carboxylic acid groups (broad SMARTS) is 1. The molecule has 1 amide bonds. The molecule has 1 aromatic carbocycles. The zero-order valence-corrected chi connectivity index (χ0v) is 13.5. The summed E-state index contributed by atoms with van der Waals surface area (Å²) in [5.41, 5.74) is 2.49. The third kappa shape index (κ3) is 4.18. The van der Waals surface area contributed by atoms with E-state index in [0.29, 0.717) is 18.5 Å². The van der Waals surface area contributed by atoms with Crippen LogP contribution in [0.3, 0.4) is 0 Å². The van der Waals surface area contributed by atoms with Crippen LogP contribution in [-0.4, -0.2) is 33.3 Å². The highest BCUT2D eigenvalue weighted by atomic mass is 16.4. The number of aromatic carboxylic acids is 1. The van der Waals surface area contributed by atoms with Crippen molar-refractivity contribution in [3.63, 3.8) is 0 Å². The molecule has 0 radical (unpaired) electrons. The second-order valence-corrected chi connectivity index (χ2v) is 5.77. The molecule has 2 rings (SSSR count). The Morgan fingerprint density at radius 3 is 2.74 bits per heavy atom. The summed E-state index contributed by atoms with van der Waals surface area (Å²) in [5, 5.41) is 16.2. The lowest BCUT2D eigenvalue weighted by atomic mass is 10.1. The summed E-state index contributed by atoms with van der Waals surface area (Å²) >= 11 is 0. The van der Waals surface area contributed by atoms with Crippen molar-refractivity contribution in [3.8, 4) is 0 Å². The lowest BCUT2D eigenvalue weighted by Crippen LogP contribution is -2.26. The molecular weight excluding hydrogens is 294 g/mol. The summed E-state index contributed by atoms with van der Waals surface area (Å²) in [6, 6.07) is 6.73. The first-order chi connectivity index (χ1) is 10.9. The van der Waals surface area contributed by atoms with Gasteiger partial charge in [0, 0.05) is 19.8 Å². The molecule has 6 nitrogen and oxygen atoms in total. The van der Waals surface area contributed by atoms with Gasteiger partial charge in [-0.25, -0.2) is 4.79 Å². The number of nitrogens with zero attached hydrogens (tertiary/aromatic N) is 2. The van der Waals surface area contributed by atoms with Crippen molar-refractivity contribution in [1.82, 2.24) is 15.1 Å². The van der Waals surface area contributed by atoms with Crippen molar-refractivity contribution >= 4 is 11.9 Å². The Morgan fingerprint density at radius 2 is 2.09 bits per heavy atom. The number of aromatic nitrogens is 2. The van der Waals surface area contributed by atoms with E-state index >= 15 is 0 Å². The van der Waals surface area contributed by atoms with Crippen molar-refractivity contribution in [2.24, 2.45) is 7.05 Å². The van der Waals surface area contributed by atoms with Crippen molar-refractivity contribution < 1.29 is 14.7 Å². The average Bonchev–Trinajstić information content (AvgIpc) is 2.90. The highest BCUT2D eigenvalue weighted by Gasteiger charge is 2.17. The Balaban J connectivity index is 1.98. The van der Waals surface area contributed by atoms with E-state index in [1.54, 1.807) is 36.1 Å². The largest absolute Gasteiger partial charge is 0.478 e. The molecule has 0 atom stereocenters. The molecule has 2 N–H and O–H groups in total. The number of amides is 1. The van der Waals surface area contributed by atoms with Gasteiger partial charge in [0.15, 0.2) is 0 Å². The maximum atomic E-state index is 12.3. The molecule has 2 aromatic rings. The monoisotopic (exact) mass is 315 g/mol. The van der Waals surface area contributed by atoms with Crippen LogP contribution in [0, 0.1) is 0 Å². The van der Waals surface area contributed by atoms with Gasteiger partial charge in [0.1, 0.15) is 0 Å². The van der Waals surface area contributed by atoms with Crippen LogP contribution >= 0.6 is 0 Å². The molecule has 0 bridgehead atoms. The first kappa shape index (κ1) is 16.7. The summed E-state index contributed by atoms with van der Waals surface area (Å²) in [4.78, 5) is 23.2. The van der Waals surface area contributed by atoms with Gasteiger partial charge in [0.25, 0.3) is 5.91 Å². The summed E-state index contributed by atoms with van der Waals surface area (Å²) in [5.74, 6) is -0.937. The van der Waals surface area contributed by atoms with Gasteiger partial charge in [-0.15, -0.1) is 0 Å². The molecule has 0 fully saturated rings. The van der Waals surface area contributed by atoms with E-state index in [1.165, 1.54) is 0 Å². The van der Waals surface area contributed by atoms with E-state index in [0.717, 1.165) is 11.3 Å². The molecule has 1 aromatic heterocycles. The Hall–Kier alpha value is -2.63. The second kappa shape index (κ2) is 7.09. The van der Waals surface area contributed by atoms with Gasteiger partial charge in [-0.05, 0) is 30.0 Å². The predicted octanol–water partition coefficient (Wildman–Crippen LogP) is 2.21. The summed E-state index contributed by atoms with van der Waals surface area (Å²) in [7, 11) is 1.79. The fraction of sp³-hybridized carbons (Fsp3) is 0.353. The van der Waals surface area contributed by atoms with E-state index in [9.17, 15) is 9.59 Å². The van der Waals surface area contributed by atoms with Crippen LogP contribution < -0.4 is 5.32 Å². The molecule has 23 heavy (non-hydrogen) atoms. The number of benzene rings is 1. The van der Waals surface area contributed by atoms with E-state index in [2.05, 4.69) is 10.4 Å². The molecule has 0 unspecified atom stereocenters. The Morgan fingerprint density at radius 1 is 1.35 bits per heavy atom. The summed E-state index contributed by atoms with van der Waals surface area (Å²) < 4.78 is 1.64. The molecule has 122 valence electrons. The lowest BCUT2D eigenvalue weighted by Gasteiger charge is -2.07. The Kier molecular flexibility index (Phi) is 5.16. The van der Waals surface area contributed by atoms with Crippen molar-refractivity contribution in [2.75, 3.05) is 6.54 Å². The van der Waals surface area contributed by atoms with Crippen LogP contribution in [0.5, 0.6) is 0 Å². The van der Waals surface area contributed by atoms with Gasteiger partial charge in [-0.3, -0.25) is 9.48 Å². The molecule has 1 heterocycles. The predicted molar refractivity (Wildman–Crippen MR) is 86.7 cm³/mol. The maximum Gasteiger partial charge on any atom is 0.335 e. The number of rotatable bonds is 6. The minimum atomic E-state index is -0.951. The summed E-state index contributed by atoms with van der Waals surface area (Å²) in [6.07, 6.45) is 2.29. The van der Waals surface area contributed by atoms with E-state index < -0.39 is 5.97 Å². The molecule has 0 spiro atoms. The number of aryl methyl sites for hydroxylation is 1. The highest BCUT2D eigenvalue weighted by molar-refractivity contribution is 5.95. The van der Waals surface area contributed by atoms with Crippen molar-refractivity contribution in [2.45, 2.75) is 26.2 Å². The van der Waals surface area contributed by atoms with Crippen LogP contribution in [0.2, 0.25) is 0 Å². The van der Waals surface area contributed by atoms with Crippen LogP contribution in [0.4, 0.5) is 0 Å². The van der Waals surface area contributed by atoms with Crippen molar-refractivity contribution in [3.05, 3.63) is 52.8 Å². The van der Waals surface area contributed by atoms with Crippen molar-refractivity contribution in [1.29, 1.82) is 0 Å². The molecule has 6 heteroatoms. The summed E-state index contributed by atoms with van der Waals surface area (Å²) in [6.45, 7) is 4.43. The first-order valence-electron chi connectivity index (χ1n) is 7.52. The third-order valence-corrected chi connectivity index (χ3v) is 3.52. The maximum absolute atomic E-state index is 12.3. The molecule has 0 aliphatic carbocycles. The van der Waals surface area contributed by atoms with Gasteiger partial charge in [-0.2, -0.15) is 5.10 Å². The number of carbonyl (C=O) groups excluding carboxylic acids is 1. The first-order valence-corrected chi connectivity index (χ1v) is 7.52. The quantitative estimate of drug-likeness (QED) is 0.856. The van der Waals surface area contributed by atoms with E-state index in [-0.39, 0.29) is 17.4 Å². The van der Waals surface area contributed by atoms with Crippen LogP contribution in [0.1, 0.15) is 51.7 Å². The molecule has 0 saturated heterocycles. The number of carboxylic acids is 1. The zero-order valence-electron chi connectivity index (χ0n) is 13.5. The number of hydrogen-bond acceptors (Lipinski definition) is 3. The van der Waals surface area contributed by atoms with Gasteiger partial charge >= 0.3 is 5.97 Å². The third-order valence-electron chi connectivity index (χ3n) is 3.52. The minimum absolute atomic E-state index is 0.156. The topological polar surface area (TPSA) is 84.2 Å². The molecule has 0 saturated carbocycles. The Labute approximate surface area is 135 Å². The van der Waals surface area contributed by atoms with Crippen LogP contribution in [0.25, 0.3) is 0 Å². The molecule has 0 aliphatic heterocycles. The number of nitrogens with one attached hydrogen (secondary N) is 1. The van der Waals surface area contributed by atoms with Gasteiger partial charge < -0.3 is 10.4 Å². The van der Waals surface area contributed by atoms with Gasteiger partial charge in [-0.1, -0.05) is 26.0 Å².